The van der Waals surface area contributed by atoms with Gasteiger partial charge >= 0.3 is 6.18 Å². The smallest absolute Gasteiger partial charge is 0.352 e. The zero-order valence-corrected chi connectivity index (χ0v) is 14.4. The molecule has 1 saturated carbocycles. The molecule has 1 fully saturated rings. The molecule has 2 aromatic rings. The second-order valence-corrected chi connectivity index (χ2v) is 6.40. The Hall–Kier alpha value is -2.35. The van der Waals surface area contributed by atoms with Gasteiger partial charge in [-0.15, -0.1) is 10.2 Å². The largest absolute Gasteiger partial charge is 0.417 e. The van der Waals surface area contributed by atoms with Gasteiger partial charge in [-0.05, 0) is 36.6 Å². The van der Waals surface area contributed by atoms with Gasteiger partial charge in [0.2, 0.25) is 5.91 Å². The van der Waals surface area contributed by atoms with Crippen LogP contribution in [0, 0.1) is 0 Å². The quantitative estimate of drug-likeness (QED) is 0.773. The molecule has 1 aromatic carbocycles. The third-order valence-electron chi connectivity index (χ3n) is 3.96. The average Bonchev–Trinajstić information content (AvgIpc) is 3.32. The lowest BCUT2D eigenvalue weighted by molar-refractivity contribution is -0.137. The van der Waals surface area contributed by atoms with E-state index in [2.05, 4.69) is 15.5 Å². The molecule has 0 unspecified atom stereocenters. The van der Waals surface area contributed by atoms with Crippen LogP contribution < -0.4 is 5.32 Å². The lowest BCUT2D eigenvalue weighted by Crippen LogP contribution is -2.24. The van der Waals surface area contributed by atoms with Crippen LogP contribution in [-0.4, -0.2) is 27.2 Å². The van der Waals surface area contributed by atoms with Crippen molar-refractivity contribution in [3.05, 3.63) is 52.6 Å². The summed E-state index contributed by atoms with van der Waals surface area (Å²) in [6, 6.07) is 3.94. The zero-order chi connectivity index (χ0) is 18.7. The molecule has 0 atom stereocenters. The number of hydrogen-bond acceptors (Lipinski definition) is 3. The first kappa shape index (κ1) is 18.4. The van der Waals surface area contributed by atoms with Gasteiger partial charge in [-0.25, -0.2) is 0 Å². The molecule has 0 saturated heterocycles. The van der Waals surface area contributed by atoms with Crippen molar-refractivity contribution in [2.75, 3.05) is 6.54 Å². The molecule has 1 aromatic heterocycles. The number of hydrogen-bond donors (Lipinski definition) is 1. The molecule has 1 heterocycles. The maximum Gasteiger partial charge on any atom is 0.417 e. The standard InChI is InChI=1S/C17H16ClF3N4O/c18-14-5-1-11(9-13(14)17(19,20)21)2-6-16(26)22-8-7-15-24-23-10-25(15)12-3-4-12/h1-2,5-6,9-10,12H,3-4,7-8H2,(H,22,26)/b6-2+. The number of nitrogens with one attached hydrogen (secondary N) is 1. The van der Waals surface area contributed by atoms with Gasteiger partial charge in [0.05, 0.1) is 10.6 Å². The molecule has 1 N–H and O–H groups in total. The summed E-state index contributed by atoms with van der Waals surface area (Å²) < 4.78 is 40.5. The molecule has 138 valence electrons. The number of rotatable bonds is 6. The van der Waals surface area contributed by atoms with E-state index >= 15 is 0 Å². The molecule has 5 nitrogen and oxygen atoms in total. The van der Waals surface area contributed by atoms with Gasteiger partial charge in [0.15, 0.2) is 0 Å². The summed E-state index contributed by atoms with van der Waals surface area (Å²) in [6.07, 6.45) is 2.41. The van der Waals surface area contributed by atoms with Crippen molar-refractivity contribution in [1.29, 1.82) is 0 Å². The lowest BCUT2D eigenvalue weighted by Gasteiger charge is -2.09. The van der Waals surface area contributed by atoms with E-state index in [0.717, 1.165) is 30.8 Å². The summed E-state index contributed by atoms with van der Waals surface area (Å²) in [5.74, 6) is 0.412. The molecule has 0 bridgehead atoms. The monoisotopic (exact) mass is 384 g/mol. The highest BCUT2D eigenvalue weighted by molar-refractivity contribution is 6.31. The Balaban J connectivity index is 1.54. The summed E-state index contributed by atoms with van der Waals surface area (Å²) >= 11 is 5.56. The van der Waals surface area contributed by atoms with E-state index in [-0.39, 0.29) is 10.6 Å². The minimum Gasteiger partial charge on any atom is -0.352 e. The van der Waals surface area contributed by atoms with E-state index in [1.807, 2.05) is 4.57 Å². The van der Waals surface area contributed by atoms with Gasteiger partial charge in [-0.1, -0.05) is 17.7 Å². The van der Waals surface area contributed by atoms with Crippen LogP contribution in [0.5, 0.6) is 0 Å². The van der Waals surface area contributed by atoms with Crippen LogP contribution in [-0.2, 0) is 17.4 Å². The molecular weight excluding hydrogens is 369 g/mol. The van der Waals surface area contributed by atoms with Crippen molar-refractivity contribution in [3.8, 4) is 0 Å². The minimum atomic E-state index is -4.54. The summed E-state index contributed by atoms with van der Waals surface area (Å²) in [4.78, 5) is 11.8. The lowest BCUT2D eigenvalue weighted by atomic mass is 10.1. The number of alkyl halides is 3. The predicted molar refractivity (Wildman–Crippen MR) is 90.5 cm³/mol. The van der Waals surface area contributed by atoms with Crippen LogP contribution in [0.25, 0.3) is 6.08 Å². The fourth-order valence-electron chi connectivity index (χ4n) is 2.50. The zero-order valence-electron chi connectivity index (χ0n) is 13.6. The number of amides is 1. The molecule has 0 radical (unpaired) electrons. The third-order valence-corrected chi connectivity index (χ3v) is 4.29. The molecule has 3 rings (SSSR count). The van der Waals surface area contributed by atoms with Crippen LogP contribution in [0.1, 0.15) is 35.8 Å². The Bertz CT molecular complexity index is 828. The van der Waals surface area contributed by atoms with Crippen LogP contribution in [0.2, 0.25) is 5.02 Å². The Morgan fingerprint density at radius 1 is 1.38 bits per heavy atom. The van der Waals surface area contributed by atoms with Gasteiger partial charge in [0, 0.05) is 25.1 Å². The van der Waals surface area contributed by atoms with Crippen molar-refractivity contribution >= 4 is 23.6 Å². The van der Waals surface area contributed by atoms with Crippen molar-refractivity contribution in [1.82, 2.24) is 20.1 Å². The number of benzene rings is 1. The molecular formula is C17H16ClF3N4O. The predicted octanol–water partition coefficient (Wildman–Crippen LogP) is 3.66. The van der Waals surface area contributed by atoms with Gasteiger partial charge in [-0.3, -0.25) is 4.79 Å². The fraction of sp³-hybridized carbons (Fsp3) is 0.353. The first-order valence-corrected chi connectivity index (χ1v) is 8.43. The Morgan fingerprint density at radius 2 is 2.15 bits per heavy atom. The van der Waals surface area contributed by atoms with Crippen LogP contribution in [0.3, 0.4) is 0 Å². The van der Waals surface area contributed by atoms with Crippen molar-refractivity contribution < 1.29 is 18.0 Å². The number of nitrogens with zero attached hydrogens (tertiary/aromatic N) is 3. The van der Waals surface area contributed by atoms with E-state index in [9.17, 15) is 18.0 Å². The maximum atomic E-state index is 12.8. The number of carbonyl (C=O) groups is 1. The molecule has 26 heavy (non-hydrogen) atoms. The Kier molecular flexibility index (Phi) is 5.31. The van der Waals surface area contributed by atoms with E-state index in [4.69, 9.17) is 11.6 Å². The first-order valence-electron chi connectivity index (χ1n) is 8.05. The first-order chi connectivity index (χ1) is 12.3. The topological polar surface area (TPSA) is 59.8 Å². The SMILES string of the molecule is O=C(/C=C/c1ccc(Cl)c(C(F)(F)F)c1)NCCc1nncn1C1CC1. The maximum absolute atomic E-state index is 12.8. The van der Waals surface area contributed by atoms with Gasteiger partial charge in [-0.2, -0.15) is 13.2 Å². The summed E-state index contributed by atoms with van der Waals surface area (Å²) in [5, 5.41) is 10.2. The van der Waals surface area contributed by atoms with Crippen LogP contribution in [0.4, 0.5) is 13.2 Å². The summed E-state index contributed by atoms with van der Waals surface area (Å²) in [5.41, 5.74) is -0.688. The highest BCUT2D eigenvalue weighted by atomic mass is 35.5. The highest BCUT2D eigenvalue weighted by Crippen LogP contribution is 2.36. The van der Waals surface area contributed by atoms with E-state index in [0.29, 0.717) is 19.0 Å². The van der Waals surface area contributed by atoms with Gasteiger partial charge in [0.25, 0.3) is 0 Å². The number of halogens is 4. The molecule has 0 spiro atoms. The Morgan fingerprint density at radius 3 is 2.85 bits per heavy atom. The molecule has 1 amide bonds. The Labute approximate surface area is 152 Å². The van der Waals surface area contributed by atoms with Crippen molar-refractivity contribution in [3.63, 3.8) is 0 Å². The minimum absolute atomic E-state index is 0.241. The van der Waals surface area contributed by atoms with E-state index < -0.39 is 17.6 Å². The number of carbonyl (C=O) groups excluding carboxylic acids is 1. The second-order valence-electron chi connectivity index (χ2n) is 6.00. The molecule has 1 aliphatic rings. The van der Waals surface area contributed by atoms with E-state index in [1.165, 1.54) is 18.2 Å². The summed E-state index contributed by atoms with van der Waals surface area (Å²) in [7, 11) is 0. The van der Waals surface area contributed by atoms with Crippen molar-refractivity contribution in [2.45, 2.75) is 31.5 Å². The normalized spacial score (nSPS) is 14.8. The number of aromatic nitrogens is 3. The second kappa shape index (κ2) is 7.49. The van der Waals surface area contributed by atoms with E-state index in [1.54, 1.807) is 6.33 Å². The van der Waals surface area contributed by atoms with Crippen LogP contribution >= 0.6 is 11.6 Å². The van der Waals surface area contributed by atoms with Crippen molar-refractivity contribution in [2.24, 2.45) is 0 Å². The van der Waals surface area contributed by atoms with Gasteiger partial charge < -0.3 is 9.88 Å². The fourth-order valence-corrected chi connectivity index (χ4v) is 2.72. The van der Waals surface area contributed by atoms with Gasteiger partial charge in [0.1, 0.15) is 12.2 Å². The molecule has 9 heteroatoms. The molecule has 1 aliphatic carbocycles. The third kappa shape index (κ3) is 4.63. The highest BCUT2D eigenvalue weighted by Gasteiger charge is 2.33. The van der Waals surface area contributed by atoms with Crippen LogP contribution in [0.15, 0.2) is 30.6 Å². The summed E-state index contributed by atoms with van der Waals surface area (Å²) in [6.45, 7) is 0.364. The molecule has 0 aliphatic heterocycles. The average molecular weight is 385 g/mol.